The molecule has 6 nitrogen and oxygen atoms in total. The van der Waals surface area contributed by atoms with Crippen molar-refractivity contribution in [3.63, 3.8) is 0 Å². The molecule has 0 aliphatic rings. The molecule has 2 N–H and O–H groups in total. The monoisotopic (exact) mass is 374 g/mol. The summed E-state index contributed by atoms with van der Waals surface area (Å²) in [6.45, 7) is 0.841. The second-order valence-corrected chi connectivity index (χ2v) is 5.74. The molecule has 2 rings (SSSR count). The van der Waals surface area contributed by atoms with Gasteiger partial charge in [-0.2, -0.15) is 0 Å². The second-order valence-electron chi connectivity index (χ2n) is 5.74. The smallest absolute Gasteiger partial charge is 0.229 e. The number of ether oxygens (including phenoxy) is 2. The van der Waals surface area contributed by atoms with Crippen molar-refractivity contribution in [2.45, 2.75) is 12.8 Å². The third kappa shape index (κ3) is 7.35. The van der Waals surface area contributed by atoms with Gasteiger partial charge in [0.1, 0.15) is 30.3 Å². The van der Waals surface area contributed by atoms with Crippen molar-refractivity contribution >= 4 is 11.8 Å². The van der Waals surface area contributed by atoms with E-state index in [4.69, 9.17) is 9.47 Å². The molecule has 0 saturated heterocycles. The Kier molecular flexibility index (Phi) is 8.09. The van der Waals surface area contributed by atoms with Crippen LogP contribution < -0.4 is 20.1 Å². The third-order valence-corrected chi connectivity index (χ3v) is 3.75. The summed E-state index contributed by atoms with van der Waals surface area (Å²) >= 11 is 0. The summed E-state index contributed by atoms with van der Waals surface area (Å²) in [6.07, 6.45) is 0.0928. The fourth-order valence-electron chi connectivity index (χ4n) is 2.34. The average molecular weight is 374 g/mol. The minimum atomic E-state index is -0.403. The first kappa shape index (κ1) is 20.2. The molecule has 2 aromatic rings. The van der Waals surface area contributed by atoms with Crippen LogP contribution >= 0.6 is 0 Å². The minimum Gasteiger partial charge on any atom is -0.497 e. The Hall–Kier alpha value is -3.09. The van der Waals surface area contributed by atoms with Crippen molar-refractivity contribution < 1.29 is 23.5 Å². The zero-order valence-corrected chi connectivity index (χ0v) is 15.2. The molecule has 0 unspecified atom stereocenters. The molecule has 0 bridgehead atoms. The minimum absolute atomic E-state index is 0.271. The molecular formula is C20H23FN2O4. The molecule has 7 heteroatoms. The molecular weight excluding hydrogens is 351 g/mol. The van der Waals surface area contributed by atoms with Gasteiger partial charge in [-0.05, 0) is 42.3 Å². The Balaban J connectivity index is 1.57. The van der Waals surface area contributed by atoms with Gasteiger partial charge in [-0.3, -0.25) is 9.59 Å². The summed E-state index contributed by atoms with van der Waals surface area (Å²) < 4.78 is 24.0. The van der Waals surface area contributed by atoms with Gasteiger partial charge >= 0.3 is 0 Å². The second kappa shape index (κ2) is 10.8. The normalized spacial score (nSPS) is 10.1. The third-order valence-electron chi connectivity index (χ3n) is 3.75. The van der Waals surface area contributed by atoms with E-state index >= 15 is 0 Å². The summed E-state index contributed by atoms with van der Waals surface area (Å²) in [7, 11) is 1.58. The Bertz CT molecular complexity index is 750. The molecule has 0 radical (unpaired) electrons. The van der Waals surface area contributed by atoms with Crippen LogP contribution in [0.1, 0.15) is 12.0 Å². The highest BCUT2D eigenvalue weighted by Crippen LogP contribution is 2.16. The molecule has 27 heavy (non-hydrogen) atoms. The number of amides is 2. The van der Waals surface area contributed by atoms with Crippen molar-refractivity contribution in [1.82, 2.24) is 10.6 Å². The van der Waals surface area contributed by atoms with E-state index in [-0.39, 0.29) is 31.9 Å². The van der Waals surface area contributed by atoms with Crippen LogP contribution in [0.15, 0.2) is 48.5 Å². The fraction of sp³-hybridized carbons (Fsp3) is 0.300. The van der Waals surface area contributed by atoms with Crippen molar-refractivity contribution in [2.75, 3.05) is 26.8 Å². The first-order valence-corrected chi connectivity index (χ1v) is 8.62. The molecule has 144 valence electrons. The Labute approximate surface area is 157 Å². The maximum absolute atomic E-state index is 13.5. The molecule has 0 atom stereocenters. The Morgan fingerprint density at radius 2 is 1.56 bits per heavy atom. The zero-order chi connectivity index (χ0) is 19.5. The quantitative estimate of drug-likeness (QED) is 0.493. The molecule has 2 amide bonds. The van der Waals surface area contributed by atoms with Crippen LogP contribution in [0.3, 0.4) is 0 Å². The van der Waals surface area contributed by atoms with Crippen LogP contribution in [-0.2, 0) is 16.0 Å². The maximum atomic E-state index is 13.5. The lowest BCUT2D eigenvalue weighted by atomic mass is 10.1. The highest BCUT2D eigenvalue weighted by atomic mass is 19.1. The van der Waals surface area contributed by atoms with Gasteiger partial charge < -0.3 is 20.1 Å². The van der Waals surface area contributed by atoms with Gasteiger partial charge in [-0.25, -0.2) is 4.39 Å². The summed E-state index contributed by atoms with van der Waals surface area (Å²) in [5, 5.41) is 5.22. The molecule has 0 aliphatic carbocycles. The number of hydrogen-bond acceptors (Lipinski definition) is 4. The predicted octanol–water partition coefficient (Wildman–Crippen LogP) is 2.08. The van der Waals surface area contributed by atoms with Gasteiger partial charge in [0.25, 0.3) is 0 Å². The van der Waals surface area contributed by atoms with E-state index in [2.05, 4.69) is 10.6 Å². The first-order valence-electron chi connectivity index (χ1n) is 8.62. The predicted molar refractivity (Wildman–Crippen MR) is 99.2 cm³/mol. The van der Waals surface area contributed by atoms with Crippen molar-refractivity contribution in [2.24, 2.45) is 0 Å². The summed E-state index contributed by atoms with van der Waals surface area (Å²) in [4.78, 5) is 23.5. The van der Waals surface area contributed by atoms with Gasteiger partial charge in [-0.1, -0.05) is 18.2 Å². The number of nitrogens with one attached hydrogen (secondary N) is 2. The van der Waals surface area contributed by atoms with Crippen LogP contribution in [0.25, 0.3) is 0 Å². The standard InChI is InChI=1S/C20H23FN2O4/c1-26-16-6-8-17(9-7-16)27-13-12-23-20(25)14-19(24)22-11-10-15-4-2-3-5-18(15)21/h2-9H,10-14H2,1H3,(H,22,24)(H,23,25). The van der Waals surface area contributed by atoms with Crippen LogP contribution in [0.2, 0.25) is 0 Å². The molecule has 0 fully saturated rings. The summed E-state index contributed by atoms with van der Waals surface area (Å²) in [6, 6.07) is 13.5. The number of carbonyl (C=O) groups is 2. The topological polar surface area (TPSA) is 76.7 Å². The van der Waals surface area contributed by atoms with E-state index in [1.165, 1.54) is 6.07 Å². The van der Waals surface area contributed by atoms with E-state index < -0.39 is 11.8 Å². The van der Waals surface area contributed by atoms with E-state index in [0.29, 0.717) is 17.7 Å². The van der Waals surface area contributed by atoms with Crippen LogP contribution in [0.5, 0.6) is 11.5 Å². The lowest BCUT2D eigenvalue weighted by Gasteiger charge is -2.09. The molecule has 0 saturated carbocycles. The Morgan fingerprint density at radius 3 is 2.22 bits per heavy atom. The van der Waals surface area contributed by atoms with E-state index in [0.717, 1.165) is 5.75 Å². The number of hydrogen-bond donors (Lipinski definition) is 2. The first-order chi connectivity index (χ1) is 13.1. The van der Waals surface area contributed by atoms with Crippen LogP contribution in [0, 0.1) is 5.82 Å². The maximum Gasteiger partial charge on any atom is 0.229 e. The van der Waals surface area contributed by atoms with Crippen LogP contribution in [-0.4, -0.2) is 38.6 Å². The van der Waals surface area contributed by atoms with Crippen molar-refractivity contribution in [1.29, 1.82) is 0 Å². The molecule has 2 aromatic carbocycles. The molecule has 0 heterocycles. The zero-order valence-electron chi connectivity index (χ0n) is 15.2. The van der Waals surface area contributed by atoms with E-state index in [1.54, 1.807) is 49.6 Å². The van der Waals surface area contributed by atoms with Crippen molar-refractivity contribution in [3.8, 4) is 11.5 Å². The Morgan fingerprint density at radius 1 is 0.926 bits per heavy atom. The number of rotatable bonds is 10. The lowest BCUT2D eigenvalue weighted by molar-refractivity contribution is -0.129. The lowest BCUT2D eigenvalue weighted by Crippen LogP contribution is -2.34. The summed E-state index contributed by atoms with van der Waals surface area (Å²) in [5.41, 5.74) is 0.526. The van der Waals surface area contributed by atoms with Gasteiger partial charge in [0, 0.05) is 6.54 Å². The van der Waals surface area contributed by atoms with Gasteiger partial charge in [0.05, 0.1) is 13.7 Å². The van der Waals surface area contributed by atoms with Crippen LogP contribution in [0.4, 0.5) is 4.39 Å². The largest absolute Gasteiger partial charge is 0.497 e. The fourth-order valence-corrected chi connectivity index (χ4v) is 2.34. The summed E-state index contributed by atoms with van der Waals surface area (Å²) in [5.74, 6) is 0.297. The number of halogens is 1. The van der Waals surface area contributed by atoms with E-state index in [9.17, 15) is 14.0 Å². The number of carbonyl (C=O) groups excluding carboxylic acids is 2. The average Bonchev–Trinajstić information content (AvgIpc) is 2.67. The molecule has 0 spiro atoms. The van der Waals surface area contributed by atoms with Gasteiger partial charge in [-0.15, -0.1) is 0 Å². The van der Waals surface area contributed by atoms with E-state index in [1.807, 2.05) is 0 Å². The number of benzene rings is 2. The highest BCUT2D eigenvalue weighted by Gasteiger charge is 2.09. The molecule has 0 aromatic heterocycles. The number of methoxy groups -OCH3 is 1. The molecule has 0 aliphatic heterocycles. The highest BCUT2D eigenvalue weighted by molar-refractivity contribution is 5.96. The van der Waals surface area contributed by atoms with Gasteiger partial charge in [0.2, 0.25) is 11.8 Å². The van der Waals surface area contributed by atoms with Gasteiger partial charge in [0.15, 0.2) is 0 Å². The van der Waals surface area contributed by atoms with Crippen molar-refractivity contribution in [3.05, 3.63) is 59.9 Å². The SMILES string of the molecule is COc1ccc(OCCNC(=O)CC(=O)NCCc2ccccc2F)cc1.